The molecule has 0 N–H and O–H groups in total. The van der Waals surface area contributed by atoms with Crippen LogP contribution in [0.4, 0.5) is 4.79 Å². The number of aryl methyl sites for hydroxylation is 1. The monoisotopic (exact) mass is 239 g/mol. The van der Waals surface area contributed by atoms with Crippen LogP contribution in [0.2, 0.25) is 0 Å². The molecule has 2 rings (SSSR count). The minimum atomic E-state index is -0.436. The van der Waals surface area contributed by atoms with E-state index in [4.69, 9.17) is 16.3 Å². The maximum Gasteiger partial charge on any atom is 0.316 e. The van der Waals surface area contributed by atoms with Crippen molar-refractivity contribution >= 4 is 17.0 Å². The second-order valence-electron chi connectivity index (χ2n) is 4.00. The van der Waals surface area contributed by atoms with E-state index in [1.165, 1.54) is 10.5 Å². The van der Waals surface area contributed by atoms with Gasteiger partial charge in [0, 0.05) is 13.6 Å². The van der Waals surface area contributed by atoms with Crippen molar-refractivity contribution in [3.05, 3.63) is 29.3 Å². The largest absolute Gasteiger partial charge is 0.493 e. The van der Waals surface area contributed by atoms with Crippen LogP contribution < -0.4 is 4.74 Å². The van der Waals surface area contributed by atoms with E-state index >= 15 is 0 Å². The lowest BCUT2D eigenvalue weighted by molar-refractivity contribution is 0.230. The van der Waals surface area contributed by atoms with Gasteiger partial charge in [-0.3, -0.25) is 4.79 Å². The lowest BCUT2D eigenvalue weighted by Crippen LogP contribution is -2.20. The summed E-state index contributed by atoms with van der Waals surface area (Å²) in [6, 6.07) is 6.03. The molecule has 4 heteroatoms. The Labute approximate surface area is 100.0 Å². The van der Waals surface area contributed by atoms with Crippen LogP contribution in [-0.2, 0) is 13.0 Å². The smallest absolute Gasteiger partial charge is 0.316 e. The Morgan fingerprint density at radius 2 is 2.38 bits per heavy atom. The van der Waals surface area contributed by atoms with Crippen molar-refractivity contribution in [1.29, 1.82) is 0 Å². The summed E-state index contributed by atoms with van der Waals surface area (Å²) >= 11 is 5.38. The first-order chi connectivity index (χ1) is 7.66. The first-order valence-corrected chi connectivity index (χ1v) is 5.70. The van der Waals surface area contributed by atoms with Crippen molar-refractivity contribution in [2.75, 3.05) is 13.7 Å². The van der Waals surface area contributed by atoms with E-state index < -0.39 is 5.37 Å². The average Bonchev–Trinajstić information content (AvgIpc) is 2.28. The van der Waals surface area contributed by atoms with E-state index in [0.717, 1.165) is 30.8 Å². The summed E-state index contributed by atoms with van der Waals surface area (Å²) in [6.45, 7) is 1.34. The third-order valence-corrected chi connectivity index (χ3v) is 2.98. The Balaban J connectivity index is 2.14. The summed E-state index contributed by atoms with van der Waals surface area (Å²) in [5.41, 5.74) is 2.31. The summed E-state index contributed by atoms with van der Waals surface area (Å²) in [6.07, 6.45) is 2.10. The topological polar surface area (TPSA) is 29.5 Å². The van der Waals surface area contributed by atoms with Crippen LogP contribution in [0, 0.1) is 0 Å². The SMILES string of the molecule is CN(Cc1ccc2c(c1)CCCO2)C(=O)Cl. The number of benzene rings is 1. The highest BCUT2D eigenvalue weighted by Gasteiger charge is 2.12. The number of fused-ring (bicyclic) bond motifs is 1. The predicted octanol–water partition coefficient (Wildman–Crippen LogP) is 2.80. The highest BCUT2D eigenvalue weighted by molar-refractivity contribution is 6.62. The van der Waals surface area contributed by atoms with Gasteiger partial charge in [-0.1, -0.05) is 12.1 Å². The molecule has 0 fully saturated rings. The quantitative estimate of drug-likeness (QED) is 0.587. The molecule has 0 atom stereocenters. The van der Waals surface area contributed by atoms with Gasteiger partial charge in [0.1, 0.15) is 5.75 Å². The van der Waals surface area contributed by atoms with Gasteiger partial charge < -0.3 is 9.64 Å². The highest BCUT2D eigenvalue weighted by atomic mass is 35.5. The molecule has 0 saturated heterocycles. The normalized spacial score (nSPS) is 13.9. The molecular weight excluding hydrogens is 226 g/mol. The maximum atomic E-state index is 10.9. The van der Waals surface area contributed by atoms with Gasteiger partial charge in [-0.2, -0.15) is 0 Å². The molecule has 1 amide bonds. The molecule has 0 spiro atoms. The van der Waals surface area contributed by atoms with Gasteiger partial charge in [-0.05, 0) is 41.6 Å². The molecule has 0 saturated carbocycles. The van der Waals surface area contributed by atoms with E-state index in [1.807, 2.05) is 12.1 Å². The number of hydrogen-bond donors (Lipinski definition) is 0. The van der Waals surface area contributed by atoms with Crippen LogP contribution >= 0.6 is 11.6 Å². The van der Waals surface area contributed by atoms with E-state index in [-0.39, 0.29) is 0 Å². The van der Waals surface area contributed by atoms with Gasteiger partial charge in [-0.25, -0.2) is 0 Å². The summed E-state index contributed by atoms with van der Waals surface area (Å²) < 4.78 is 5.52. The van der Waals surface area contributed by atoms with Crippen LogP contribution in [0.5, 0.6) is 5.75 Å². The van der Waals surface area contributed by atoms with Gasteiger partial charge in [0.05, 0.1) is 6.61 Å². The van der Waals surface area contributed by atoms with Crippen LogP contribution in [0.15, 0.2) is 18.2 Å². The number of rotatable bonds is 2. The molecule has 0 radical (unpaired) electrons. The zero-order valence-electron chi connectivity index (χ0n) is 9.20. The molecule has 0 unspecified atom stereocenters. The van der Waals surface area contributed by atoms with Crippen molar-refractivity contribution < 1.29 is 9.53 Å². The van der Waals surface area contributed by atoms with E-state index in [0.29, 0.717) is 6.54 Å². The fraction of sp³-hybridized carbons (Fsp3) is 0.417. The first kappa shape index (κ1) is 11.3. The molecule has 1 heterocycles. The number of carbonyl (C=O) groups is 1. The molecule has 0 aromatic heterocycles. The zero-order valence-corrected chi connectivity index (χ0v) is 9.96. The highest BCUT2D eigenvalue weighted by Crippen LogP contribution is 2.25. The Bertz CT molecular complexity index is 406. The number of halogens is 1. The van der Waals surface area contributed by atoms with E-state index in [2.05, 4.69) is 6.07 Å². The van der Waals surface area contributed by atoms with Gasteiger partial charge in [-0.15, -0.1) is 0 Å². The van der Waals surface area contributed by atoms with Crippen molar-refractivity contribution in [3.8, 4) is 5.75 Å². The molecule has 0 bridgehead atoms. The Kier molecular flexibility index (Phi) is 3.34. The van der Waals surface area contributed by atoms with Crippen LogP contribution in [0.25, 0.3) is 0 Å². The van der Waals surface area contributed by atoms with E-state index in [1.54, 1.807) is 7.05 Å². The fourth-order valence-corrected chi connectivity index (χ4v) is 1.91. The third-order valence-electron chi connectivity index (χ3n) is 2.69. The predicted molar refractivity (Wildman–Crippen MR) is 63.0 cm³/mol. The number of nitrogens with zero attached hydrogens (tertiary/aromatic N) is 1. The Morgan fingerprint density at radius 1 is 1.56 bits per heavy atom. The van der Waals surface area contributed by atoms with Crippen molar-refractivity contribution in [2.45, 2.75) is 19.4 Å². The summed E-state index contributed by atoms with van der Waals surface area (Å²) in [4.78, 5) is 12.4. The van der Waals surface area contributed by atoms with Gasteiger partial charge in [0.25, 0.3) is 0 Å². The van der Waals surface area contributed by atoms with Gasteiger partial charge in [0.2, 0.25) is 0 Å². The molecule has 1 aliphatic heterocycles. The number of amides is 1. The average molecular weight is 240 g/mol. The molecule has 0 aliphatic carbocycles. The minimum Gasteiger partial charge on any atom is -0.493 e. The van der Waals surface area contributed by atoms with Gasteiger partial charge in [0.15, 0.2) is 0 Å². The Hall–Kier alpha value is -1.22. The fourth-order valence-electron chi connectivity index (χ4n) is 1.85. The van der Waals surface area contributed by atoms with E-state index in [9.17, 15) is 4.79 Å². The Morgan fingerprint density at radius 3 is 3.12 bits per heavy atom. The molecule has 1 aromatic rings. The number of hydrogen-bond acceptors (Lipinski definition) is 2. The summed E-state index contributed by atoms with van der Waals surface area (Å²) in [5.74, 6) is 0.967. The number of carbonyl (C=O) groups excluding carboxylic acids is 1. The molecule has 86 valence electrons. The molecular formula is C12H14ClNO2. The van der Waals surface area contributed by atoms with Crippen molar-refractivity contribution in [2.24, 2.45) is 0 Å². The lowest BCUT2D eigenvalue weighted by atomic mass is 10.0. The second kappa shape index (κ2) is 4.74. The second-order valence-corrected chi connectivity index (χ2v) is 4.33. The standard InChI is InChI=1S/C12H14ClNO2/c1-14(12(13)15)8-9-4-5-11-10(7-9)3-2-6-16-11/h4-5,7H,2-3,6,8H2,1H3. The summed E-state index contributed by atoms with van der Waals surface area (Å²) in [7, 11) is 1.69. The third kappa shape index (κ3) is 2.47. The van der Waals surface area contributed by atoms with Crippen LogP contribution in [0.1, 0.15) is 17.5 Å². The zero-order chi connectivity index (χ0) is 11.5. The van der Waals surface area contributed by atoms with Crippen molar-refractivity contribution in [3.63, 3.8) is 0 Å². The first-order valence-electron chi connectivity index (χ1n) is 5.32. The molecule has 3 nitrogen and oxygen atoms in total. The minimum absolute atomic E-state index is 0.436. The van der Waals surface area contributed by atoms with Crippen LogP contribution in [-0.4, -0.2) is 23.9 Å². The molecule has 16 heavy (non-hydrogen) atoms. The lowest BCUT2D eigenvalue weighted by Gasteiger charge is -2.19. The molecule has 1 aromatic carbocycles. The van der Waals surface area contributed by atoms with Gasteiger partial charge >= 0.3 is 5.37 Å². The van der Waals surface area contributed by atoms with Crippen molar-refractivity contribution in [1.82, 2.24) is 4.90 Å². The molecule has 1 aliphatic rings. The number of ether oxygens (including phenoxy) is 1. The summed E-state index contributed by atoms with van der Waals surface area (Å²) in [5, 5.41) is -0.436. The maximum absolute atomic E-state index is 10.9. The van der Waals surface area contributed by atoms with Crippen LogP contribution in [0.3, 0.4) is 0 Å².